The van der Waals surface area contributed by atoms with Crippen LogP contribution in [0.15, 0.2) is 53.4 Å². The van der Waals surface area contributed by atoms with Crippen molar-refractivity contribution in [3.05, 3.63) is 59.1 Å². The number of benzene rings is 2. The number of anilines is 1. The topological polar surface area (TPSA) is 75.7 Å². The van der Waals surface area contributed by atoms with Gasteiger partial charge in [0, 0.05) is 18.2 Å². The Morgan fingerprint density at radius 1 is 1.25 bits per heavy atom. The number of aryl methyl sites for hydroxylation is 1. The second kappa shape index (κ2) is 8.94. The van der Waals surface area contributed by atoms with Crippen LogP contribution in [0.1, 0.15) is 18.4 Å². The fraction of sp³-hybridized carbons (Fsp3) is 0.350. The summed E-state index contributed by atoms with van der Waals surface area (Å²) in [7, 11) is -3.94. The minimum absolute atomic E-state index is 0.00996. The van der Waals surface area contributed by atoms with Gasteiger partial charge in [0.05, 0.1) is 16.7 Å². The molecule has 6 nitrogen and oxygen atoms in total. The number of ether oxygens (including phenoxy) is 1. The van der Waals surface area contributed by atoms with Gasteiger partial charge in [0.1, 0.15) is 6.54 Å². The molecular formula is C20H23ClN2O4S. The normalized spacial score (nSPS) is 16.7. The van der Waals surface area contributed by atoms with Crippen LogP contribution in [-0.2, 0) is 19.6 Å². The molecule has 0 aromatic heterocycles. The van der Waals surface area contributed by atoms with Gasteiger partial charge < -0.3 is 10.1 Å². The largest absolute Gasteiger partial charge is 0.376 e. The molecule has 8 heteroatoms. The SMILES string of the molecule is Cc1cccc(N(CC(=O)NC[C@H]2CCCO2)S(=O)(=O)c2ccc(Cl)cc2)c1. The first-order valence-electron chi connectivity index (χ1n) is 9.09. The van der Waals surface area contributed by atoms with Gasteiger partial charge in [-0.15, -0.1) is 0 Å². The number of nitrogens with one attached hydrogen (secondary N) is 1. The summed E-state index contributed by atoms with van der Waals surface area (Å²) in [4.78, 5) is 12.6. The molecular weight excluding hydrogens is 400 g/mol. The van der Waals surface area contributed by atoms with Crippen LogP contribution in [0, 0.1) is 6.92 Å². The third-order valence-electron chi connectivity index (χ3n) is 4.53. The maximum Gasteiger partial charge on any atom is 0.264 e. The molecule has 1 heterocycles. The van der Waals surface area contributed by atoms with Crippen molar-refractivity contribution in [1.82, 2.24) is 5.32 Å². The number of nitrogens with zero attached hydrogens (tertiary/aromatic N) is 1. The molecule has 1 aliphatic heterocycles. The van der Waals surface area contributed by atoms with Gasteiger partial charge in [0.25, 0.3) is 10.0 Å². The molecule has 0 unspecified atom stereocenters. The van der Waals surface area contributed by atoms with Crippen molar-refractivity contribution in [3.8, 4) is 0 Å². The number of sulfonamides is 1. The van der Waals surface area contributed by atoms with Crippen molar-refractivity contribution < 1.29 is 17.9 Å². The maximum atomic E-state index is 13.2. The smallest absolute Gasteiger partial charge is 0.264 e. The van der Waals surface area contributed by atoms with Crippen LogP contribution in [-0.4, -0.2) is 40.1 Å². The molecule has 0 aliphatic carbocycles. The zero-order valence-electron chi connectivity index (χ0n) is 15.6. The van der Waals surface area contributed by atoms with E-state index in [2.05, 4.69) is 5.32 Å². The van der Waals surface area contributed by atoms with Crippen molar-refractivity contribution in [2.45, 2.75) is 30.8 Å². The van der Waals surface area contributed by atoms with E-state index in [-0.39, 0.29) is 23.5 Å². The summed E-state index contributed by atoms with van der Waals surface area (Å²) < 4.78 is 33.1. The fourth-order valence-corrected chi connectivity index (χ4v) is 4.59. The zero-order chi connectivity index (χ0) is 20.1. The summed E-state index contributed by atoms with van der Waals surface area (Å²) in [6, 6.07) is 12.9. The number of halogens is 1. The van der Waals surface area contributed by atoms with Gasteiger partial charge in [-0.3, -0.25) is 9.10 Å². The summed E-state index contributed by atoms with van der Waals surface area (Å²) in [6.45, 7) is 2.62. The van der Waals surface area contributed by atoms with Gasteiger partial charge in [-0.05, 0) is 61.7 Å². The Labute approximate surface area is 170 Å². The predicted molar refractivity (Wildman–Crippen MR) is 109 cm³/mol. The van der Waals surface area contributed by atoms with Crippen molar-refractivity contribution in [1.29, 1.82) is 0 Å². The van der Waals surface area contributed by atoms with E-state index < -0.39 is 10.0 Å². The highest BCUT2D eigenvalue weighted by atomic mass is 35.5. The molecule has 1 amide bonds. The summed E-state index contributed by atoms with van der Waals surface area (Å²) in [5, 5.41) is 3.22. The highest BCUT2D eigenvalue weighted by molar-refractivity contribution is 7.92. The van der Waals surface area contributed by atoms with Crippen LogP contribution in [0.25, 0.3) is 0 Å². The molecule has 1 atom stereocenters. The maximum absolute atomic E-state index is 13.2. The van der Waals surface area contributed by atoms with Crippen LogP contribution in [0.3, 0.4) is 0 Å². The number of hydrogen-bond donors (Lipinski definition) is 1. The quantitative estimate of drug-likeness (QED) is 0.743. The van der Waals surface area contributed by atoms with E-state index >= 15 is 0 Å². The van der Waals surface area contributed by atoms with Crippen molar-refractivity contribution in [3.63, 3.8) is 0 Å². The standard InChI is InChI=1S/C20H23ClN2O4S/c1-15-4-2-5-17(12-15)23(14-20(24)22-13-18-6-3-11-27-18)28(25,26)19-9-7-16(21)8-10-19/h2,4-5,7-10,12,18H,3,6,11,13-14H2,1H3,(H,22,24)/t18-/m1/s1. The zero-order valence-corrected chi connectivity index (χ0v) is 17.2. The molecule has 1 N–H and O–H groups in total. The van der Waals surface area contributed by atoms with E-state index in [1.165, 1.54) is 24.3 Å². The summed E-state index contributed by atoms with van der Waals surface area (Å²) in [6.07, 6.45) is 1.86. The van der Waals surface area contributed by atoms with Crippen molar-refractivity contribution in [2.24, 2.45) is 0 Å². The van der Waals surface area contributed by atoms with Crippen LogP contribution in [0.4, 0.5) is 5.69 Å². The van der Waals surface area contributed by atoms with Crippen LogP contribution in [0.5, 0.6) is 0 Å². The lowest BCUT2D eigenvalue weighted by Crippen LogP contribution is -2.42. The lowest BCUT2D eigenvalue weighted by atomic mass is 10.2. The first-order valence-corrected chi connectivity index (χ1v) is 10.9. The molecule has 2 aromatic carbocycles. The molecule has 150 valence electrons. The van der Waals surface area contributed by atoms with E-state index in [1.807, 2.05) is 13.0 Å². The van der Waals surface area contributed by atoms with Gasteiger partial charge in [0.2, 0.25) is 5.91 Å². The third-order valence-corrected chi connectivity index (χ3v) is 6.57. The van der Waals surface area contributed by atoms with E-state index in [0.717, 1.165) is 22.7 Å². The van der Waals surface area contributed by atoms with Crippen molar-refractivity contribution in [2.75, 3.05) is 24.0 Å². The Balaban J connectivity index is 1.84. The molecule has 0 spiro atoms. The number of carbonyl (C=O) groups excluding carboxylic acids is 1. The number of carbonyl (C=O) groups is 1. The van der Waals surface area contributed by atoms with Gasteiger partial charge in [-0.25, -0.2) is 8.42 Å². The molecule has 1 saturated heterocycles. The Bertz CT molecular complexity index is 925. The average molecular weight is 423 g/mol. The summed E-state index contributed by atoms with van der Waals surface area (Å²) in [5.41, 5.74) is 1.33. The minimum Gasteiger partial charge on any atom is -0.376 e. The molecule has 0 radical (unpaired) electrons. The number of hydrogen-bond acceptors (Lipinski definition) is 4. The highest BCUT2D eigenvalue weighted by Gasteiger charge is 2.27. The van der Waals surface area contributed by atoms with Gasteiger partial charge in [-0.2, -0.15) is 0 Å². The molecule has 0 bridgehead atoms. The lowest BCUT2D eigenvalue weighted by molar-refractivity contribution is -0.120. The molecule has 0 saturated carbocycles. The molecule has 3 rings (SSSR count). The van der Waals surface area contributed by atoms with Crippen LogP contribution >= 0.6 is 11.6 Å². The molecule has 2 aromatic rings. The Morgan fingerprint density at radius 2 is 2.00 bits per heavy atom. The molecule has 1 fully saturated rings. The van der Waals surface area contributed by atoms with Crippen molar-refractivity contribution >= 4 is 33.2 Å². The Morgan fingerprint density at radius 3 is 2.64 bits per heavy atom. The van der Waals surface area contributed by atoms with E-state index in [9.17, 15) is 13.2 Å². The fourth-order valence-electron chi connectivity index (χ4n) is 3.05. The number of rotatable bonds is 7. The number of amides is 1. The van der Waals surface area contributed by atoms with E-state index in [1.54, 1.807) is 18.2 Å². The molecule has 28 heavy (non-hydrogen) atoms. The monoisotopic (exact) mass is 422 g/mol. The van der Waals surface area contributed by atoms with Gasteiger partial charge >= 0.3 is 0 Å². The van der Waals surface area contributed by atoms with Crippen LogP contribution in [0.2, 0.25) is 5.02 Å². The predicted octanol–water partition coefficient (Wildman–Crippen LogP) is 3.14. The first-order chi connectivity index (χ1) is 13.4. The second-order valence-corrected chi connectivity index (χ2v) is 9.04. The Hall–Kier alpha value is -2.09. The van der Waals surface area contributed by atoms with Gasteiger partial charge in [-0.1, -0.05) is 23.7 Å². The van der Waals surface area contributed by atoms with Gasteiger partial charge in [0.15, 0.2) is 0 Å². The summed E-state index contributed by atoms with van der Waals surface area (Å²) in [5.74, 6) is -0.380. The molecule has 1 aliphatic rings. The summed E-state index contributed by atoms with van der Waals surface area (Å²) >= 11 is 5.88. The first kappa shape index (κ1) is 20.6. The lowest BCUT2D eigenvalue weighted by Gasteiger charge is -2.24. The van der Waals surface area contributed by atoms with E-state index in [4.69, 9.17) is 16.3 Å². The third kappa shape index (κ3) is 5.04. The van der Waals surface area contributed by atoms with Crippen LogP contribution < -0.4 is 9.62 Å². The average Bonchev–Trinajstić information content (AvgIpc) is 3.18. The van der Waals surface area contributed by atoms with E-state index in [0.29, 0.717) is 23.9 Å². The second-order valence-electron chi connectivity index (χ2n) is 6.74. The highest BCUT2D eigenvalue weighted by Crippen LogP contribution is 2.25. The minimum atomic E-state index is -3.94. The Kier molecular flexibility index (Phi) is 6.59.